The Balaban J connectivity index is 1.99. The first kappa shape index (κ1) is 16.3. The van der Waals surface area contributed by atoms with E-state index in [1.807, 2.05) is 12.1 Å². The predicted octanol–water partition coefficient (Wildman–Crippen LogP) is 1.46. The predicted molar refractivity (Wildman–Crippen MR) is 88.1 cm³/mol. The largest absolute Gasteiger partial charge is 0.496 e. The molecule has 21 heavy (non-hydrogen) atoms. The summed E-state index contributed by atoms with van der Waals surface area (Å²) in [5.74, 6) is 0.992. The molecule has 2 rings (SSSR count). The normalized spacial score (nSPS) is 22.2. The number of hydrogen-bond donors (Lipinski definition) is 1. The Kier molecular flexibility index (Phi) is 6.03. The van der Waals surface area contributed by atoms with Gasteiger partial charge in [0, 0.05) is 31.7 Å². The molecule has 1 heterocycles. The summed E-state index contributed by atoms with van der Waals surface area (Å²) >= 11 is 0. The highest BCUT2D eigenvalue weighted by Gasteiger charge is 2.25. The molecular formula is C17H29N3O. The van der Waals surface area contributed by atoms with Gasteiger partial charge in [0.2, 0.25) is 0 Å². The number of nitrogens with zero attached hydrogens (tertiary/aromatic N) is 2. The van der Waals surface area contributed by atoms with Crippen molar-refractivity contribution in [1.29, 1.82) is 0 Å². The van der Waals surface area contributed by atoms with Crippen molar-refractivity contribution in [3.05, 3.63) is 29.8 Å². The van der Waals surface area contributed by atoms with Gasteiger partial charge in [-0.2, -0.15) is 0 Å². The molecule has 1 fully saturated rings. The van der Waals surface area contributed by atoms with Crippen LogP contribution in [0, 0.1) is 0 Å². The summed E-state index contributed by atoms with van der Waals surface area (Å²) in [6.45, 7) is 3.48. The fourth-order valence-corrected chi connectivity index (χ4v) is 3.12. The maximum Gasteiger partial charge on any atom is 0.122 e. The van der Waals surface area contributed by atoms with Gasteiger partial charge in [0.25, 0.3) is 0 Å². The van der Waals surface area contributed by atoms with E-state index < -0.39 is 0 Å². The van der Waals surface area contributed by atoms with E-state index in [4.69, 9.17) is 4.74 Å². The molecule has 1 aromatic rings. The number of likely N-dealkylation sites (N-methyl/N-ethyl adjacent to an activating group) is 3. The molecule has 2 atom stereocenters. The van der Waals surface area contributed by atoms with Gasteiger partial charge in [0.15, 0.2) is 0 Å². The first-order chi connectivity index (χ1) is 10.1. The Labute approximate surface area is 129 Å². The number of rotatable bonds is 6. The Hall–Kier alpha value is -1.10. The van der Waals surface area contributed by atoms with Crippen LogP contribution in [0.2, 0.25) is 0 Å². The highest BCUT2D eigenvalue weighted by atomic mass is 16.5. The second kappa shape index (κ2) is 7.78. The van der Waals surface area contributed by atoms with Gasteiger partial charge < -0.3 is 19.9 Å². The number of hydrogen-bond acceptors (Lipinski definition) is 4. The highest BCUT2D eigenvalue weighted by molar-refractivity contribution is 5.33. The Morgan fingerprint density at radius 2 is 2.05 bits per heavy atom. The van der Waals surface area contributed by atoms with Crippen LogP contribution in [0.1, 0.15) is 12.0 Å². The van der Waals surface area contributed by atoms with Crippen molar-refractivity contribution in [3.8, 4) is 5.75 Å². The molecular weight excluding hydrogens is 262 g/mol. The average Bonchev–Trinajstić information content (AvgIpc) is 2.50. The first-order valence-corrected chi connectivity index (χ1v) is 7.82. The summed E-state index contributed by atoms with van der Waals surface area (Å²) < 4.78 is 5.47. The van der Waals surface area contributed by atoms with E-state index in [0.717, 1.165) is 31.7 Å². The summed E-state index contributed by atoms with van der Waals surface area (Å²) in [6, 6.07) is 9.42. The van der Waals surface area contributed by atoms with Gasteiger partial charge in [-0.25, -0.2) is 0 Å². The van der Waals surface area contributed by atoms with Crippen LogP contribution in [0.3, 0.4) is 0 Å². The standard InChI is InChI=1S/C17H29N3O/c1-18-15(11-14-7-5-6-8-17(14)21-4)12-16-13-19(2)9-10-20(16)3/h5-8,15-16,18H,9-13H2,1-4H3. The minimum atomic E-state index is 0.472. The summed E-state index contributed by atoms with van der Waals surface area (Å²) in [6.07, 6.45) is 2.17. The van der Waals surface area contributed by atoms with E-state index in [1.54, 1.807) is 7.11 Å². The molecule has 1 N–H and O–H groups in total. The molecule has 0 saturated carbocycles. The SMILES string of the molecule is CNC(Cc1ccccc1OC)CC1CN(C)CCN1C. The second-order valence-corrected chi connectivity index (χ2v) is 6.13. The Morgan fingerprint density at radius 1 is 1.29 bits per heavy atom. The van der Waals surface area contributed by atoms with Crippen molar-refractivity contribution < 1.29 is 4.74 Å². The number of nitrogens with one attached hydrogen (secondary N) is 1. The molecule has 1 saturated heterocycles. The molecule has 2 unspecified atom stereocenters. The third-order valence-corrected chi connectivity index (χ3v) is 4.60. The third-order valence-electron chi connectivity index (χ3n) is 4.60. The van der Waals surface area contributed by atoms with E-state index in [9.17, 15) is 0 Å². The number of para-hydroxylation sites is 1. The van der Waals surface area contributed by atoms with Gasteiger partial charge in [0.1, 0.15) is 5.75 Å². The molecule has 4 heteroatoms. The molecule has 118 valence electrons. The van der Waals surface area contributed by atoms with Crippen LogP contribution < -0.4 is 10.1 Å². The summed E-state index contributed by atoms with van der Waals surface area (Å²) in [4.78, 5) is 4.92. The van der Waals surface area contributed by atoms with E-state index >= 15 is 0 Å². The van der Waals surface area contributed by atoms with E-state index in [2.05, 4.69) is 48.4 Å². The molecule has 1 aliphatic heterocycles. The molecule has 0 spiro atoms. The van der Waals surface area contributed by atoms with Gasteiger partial charge in [0.05, 0.1) is 7.11 Å². The van der Waals surface area contributed by atoms with Crippen LogP contribution in [0.25, 0.3) is 0 Å². The lowest BCUT2D eigenvalue weighted by molar-refractivity contribution is 0.102. The van der Waals surface area contributed by atoms with Gasteiger partial charge in [-0.15, -0.1) is 0 Å². The van der Waals surface area contributed by atoms with Crippen molar-refractivity contribution in [3.63, 3.8) is 0 Å². The fourth-order valence-electron chi connectivity index (χ4n) is 3.12. The van der Waals surface area contributed by atoms with E-state index in [-0.39, 0.29) is 0 Å². The lowest BCUT2D eigenvalue weighted by atomic mass is 9.97. The first-order valence-electron chi connectivity index (χ1n) is 7.82. The zero-order valence-electron chi connectivity index (χ0n) is 13.8. The van der Waals surface area contributed by atoms with E-state index in [0.29, 0.717) is 12.1 Å². The lowest BCUT2D eigenvalue weighted by Crippen LogP contribution is -2.52. The van der Waals surface area contributed by atoms with Crippen LogP contribution in [0.5, 0.6) is 5.75 Å². The molecule has 1 aromatic carbocycles. The van der Waals surface area contributed by atoms with Gasteiger partial charge in [-0.1, -0.05) is 18.2 Å². The topological polar surface area (TPSA) is 27.7 Å². The summed E-state index contributed by atoms with van der Waals surface area (Å²) in [5.41, 5.74) is 1.28. The van der Waals surface area contributed by atoms with Crippen molar-refractivity contribution in [2.75, 3.05) is 47.9 Å². The Bertz CT molecular complexity index is 438. The van der Waals surface area contributed by atoms with Crippen molar-refractivity contribution in [2.24, 2.45) is 0 Å². The fraction of sp³-hybridized carbons (Fsp3) is 0.647. The van der Waals surface area contributed by atoms with Crippen LogP contribution in [-0.4, -0.2) is 69.8 Å². The molecule has 0 aromatic heterocycles. The number of methoxy groups -OCH3 is 1. The lowest BCUT2D eigenvalue weighted by Gasteiger charge is -2.39. The monoisotopic (exact) mass is 291 g/mol. The molecule has 0 amide bonds. The van der Waals surface area contributed by atoms with Gasteiger partial charge in [-0.3, -0.25) is 0 Å². The summed E-state index contributed by atoms with van der Waals surface area (Å²) in [7, 11) is 8.27. The van der Waals surface area contributed by atoms with Crippen LogP contribution >= 0.6 is 0 Å². The number of benzene rings is 1. The molecule has 1 aliphatic rings. The van der Waals surface area contributed by atoms with Gasteiger partial charge >= 0.3 is 0 Å². The number of ether oxygens (including phenoxy) is 1. The van der Waals surface area contributed by atoms with Crippen LogP contribution in [-0.2, 0) is 6.42 Å². The minimum absolute atomic E-state index is 0.472. The minimum Gasteiger partial charge on any atom is -0.496 e. The van der Waals surface area contributed by atoms with Crippen LogP contribution in [0.15, 0.2) is 24.3 Å². The Morgan fingerprint density at radius 3 is 2.76 bits per heavy atom. The smallest absolute Gasteiger partial charge is 0.122 e. The van der Waals surface area contributed by atoms with Crippen LogP contribution in [0.4, 0.5) is 0 Å². The maximum atomic E-state index is 5.47. The van der Waals surface area contributed by atoms with Crippen molar-refractivity contribution in [1.82, 2.24) is 15.1 Å². The third kappa shape index (κ3) is 4.43. The molecule has 0 bridgehead atoms. The summed E-state index contributed by atoms with van der Waals surface area (Å²) in [5, 5.41) is 3.48. The molecule has 0 aliphatic carbocycles. The zero-order valence-corrected chi connectivity index (χ0v) is 13.8. The maximum absolute atomic E-state index is 5.47. The number of piperazine rings is 1. The molecule has 0 radical (unpaired) electrons. The second-order valence-electron chi connectivity index (χ2n) is 6.13. The van der Waals surface area contributed by atoms with E-state index in [1.165, 1.54) is 12.1 Å². The van der Waals surface area contributed by atoms with Crippen molar-refractivity contribution >= 4 is 0 Å². The van der Waals surface area contributed by atoms with Crippen molar-refractivity contribution in [2.45, 2.75) is 24.9 Å². The molecule has 4 nitrogen and oxygen atoms in total. The quantitative estimate of drug-likeness (QED) is 0.859. The highest BCUT2D eigenvalue weighted by Crippen LogP contribution is 2.21. The average molecular weight is 291 g/mol. The van der Waals surface area contributed by atoms with Gasteiger partial charge in [-0.05, 0) is 45.6 Å². The zero-order chi connectivity index (χ0) is 15.2.